The van der Waals surface area contributed by atoms with Crippen molar-refractivity contribution in [3.8, 4) is 0 Å². The minimum atomic E-state index is 0.810. The van der Waals surface area contributed by atoms with Gasteiger partial charge >= 0.3 is 0 Å². The zero-order chi connectivity index (χ0) is 13.7. The van der Waals surface area contributed by atoms with Gasteiger partial charge in [0.25, 0.3) is 0 Å². The standard InChI is InChI=1S/C16H23N3/c1-3-10-19(11-4-2)12-13-7-8-15(17)14-6-5-9-18-16(13)14/h5-9H,3-4,10-12,17H2,1-2H3. The summed E-state index contributed by atoms with van der Waals surface area (Å²) in [6.07, 6.45) is 4.20. The Labute approximate surface area is 115 Å². The minimum Gasteiger partial charge on any atom is -0.398 e. The molecule has 0 saturated carbocycles. The first-order chi connectivity index (χ1) is 9.26. The van der Waals surface area contributed by atoms with Crippen LogP contribution < -0.4 is 5.73 Å². The minimum absolute atomic E-state index is 0.810. The second kappa shape index (κ2) is 6.53. The molecule has 1 aromatic carbocycles. The molecule has 102 valence electrons. The maximum atomic E-state index is 6.02. The summed E-state index contributed by atoms with van der Waals surface area (Å²) in [6, 6.07) is 8.10. The van der Waals surface area contributed by atoms with Crippen molar-refractivity contribution in [3.05, 3.63) is 36.0 Å². The first-order valence-electron chi connectivity index (χ1n) is 7.10. The van der Waals surface area contributed by atoms with Crippen LogP contribution in [0.2, 0.25) is 0 Å². The summed E-state index contributed by atoms with van der Waals surface area (Å²) in [7, 11) is 0. The molecule has 0 saturated heterocycles. The van der Waals surface area contributed by atoms with Crippen molar-refractivity contribution in [2.24, 2.45) is 0 Å². The summed E-state index contributed by atoms with van der Waals surface area (Å²) in [5.41, 5.74) is 9.14. The Morgan fingerprint density at radius 3 is 2.53 bits per heavy atom. The van der Waals surface area contributed by atoms with Gasteiger partial charge in [-0.05, 0) is 49.7 Å². The first kappa shape index (κ1) is 13.8. The van der Waals surface area contributed by atoms with Crippen molar-refractivity contribution in [1.82, 2.24) is 9.88 Å². The van der Waals surface area contributed by atoms with Crippen molar-refractivity contribution in [2.75, 3.05) is 18.8 Å². The van der Waals surface area contributed by atoms with Gasteiger partial charge in [-0.1, -0.05) is 19.9 Å². The van der Waals surface area contributed by atoms with Crippen LogP contribution in [0.25, 0.3) is 10.9 Å². The predicted molar refractivity (Wildman–Crippen MR) is 82.0 cm³/mol. The zero-order valence-corrected chi connectivity index (χ0v) is 11.9. The van der Waals surface area contributed by atoms with Gasteiger partial charge in [-0.2, -0.15) is 0 Å². The Morgan fingerprint density at radius 2 is 1.84 bits per heavy atom. The van der Waals surface area contributed by atoms with Gasteiger partial charge in [-0.3, -0.25) is 9.88 Å². The molecule has 0 spiro atoms. The third-order valence-corrected chi connectivity index (χ3v) is 3.36. The Balaban J connectivity index is 2.31. The molecule has 0 bridgehead atoms. The van der Waals surface area contributed by atoms with E-state index in [9.17, 15) is 0 Å². The summed E-state index contributed by atoms with van der Waals surface area (Å²) in [5.74, 6) is 0. The number of hydrogen-bond donors (Lipinski definition) is 1. The van der Waals surface area contributed by atoms with Crippen molar-refractivity contribution in [3.63, 3.8) is 0 Å². The van der Waals surface area contributed by atoms with Crippen LogP contribution in [0.15, 0.2) is 30.5 Å². The van der Waals surface area contributed by atoms with E-state index in [0.717, 1.165) is 36.2 Å². The lowest BCUT2D eigenvalue weighted by Crippen LogP contribution is -2.25. The van der Waals surface area contributed by atoms with Gasteiger partial charge in [0, 0.05) is 23.8 Å². The number of rotatable bonds is 6. The van der Waals surface area contributed by atoms with Crippen LogP contribution in [0.4, 0.5) is 5.69 Å². The fourth-order valence-electron chi connectivity index (χ4n) is 2.52. The highest BCUT2D eigenvalue weighted by Crippen LogP contribution is 2.23. The van der Waals surface area contributed by atoms with Crippen LogP contribution in [-0.4, -0.2) is 23.0 Å². The third kappa shape index (κ3) is 3.24. The molecule has 1 aromatic heterocycles. The average molecular weight is 257 g/mol. The molecule has 0 unspecified atom stereocenters. The maximum absolute atomic E-state index is 6.02. The van der Waals surface area contributed by atoms with Gasteiger partial charge in [0.15, 0.2) is 0 Å². The molecule has 0 amide bonds. The lowest BCUT2D eigenvalue weighted by Gasteiger charge is -2.21. The first-order valence-corrected chi connectivity index (χ1v) is 7.10. The van der Waals surface area contributed by atoms with Crippen molar-refractivity contribution in [2.45, 2.75) is 33.2 Å². The van der Waals surface area contributed by atoms with Crippen LogP contribution in [0, 0.1) is 0 Å². The molecule has 2 rings (SSSR count). The second-order valence-electron chi connectivity index (χ2n) is 4.99. The van der Waals surface area contributed by atoms with E-state index in [1.54, 1.807) is 0 Å². The van der Waals surface area contributed by atoms with E-state index in [2.05, 4.69) is 29.8 Å². The predicted octanol–water partition coefficient (Wildman–Crippen LogP) is 3.44. The summed E-state index contributed by atoms with van der Waals surface area (Å²) in [4.78, 5) is 6.99. The van der Waals surface area contributed by atoms with Crippen LogP contribution >= 0.6 is 0 Å². The maximum Gasteiger partial charge on any atom is 0.0767 e. The van der Waals surface area contributed by atoms with Gasteiger partial charge < -0.3 is 5.73 Å². The average Bonchev–Trinajstić information content (AvgIpc) is 2.43. The van der Waals surface area contributed by atoms with Gasteiger partial charge in [0.1, 0.15) is 0 Å². The fourth-order valence-corrected chi connectivity index (χ4v) is 2.52. The third-order valence-electron chi connectivity index (χ3n) is 3.36. The van der Waals surface area contributed by atoms with E-state index in [0.29, 0.717) is 0 Å². The Morgan fingerprint density at radius 1 is 1.11 bits per heavy atom. The lowest BCUT2D eigenvalue weighted by atomic mass is 10.1. The van der Waals surface area contributed by atoms with Crippen LogP contribution in [0.5, 0.6) is 0 Å². The Hall–Kier alpha value is -1.61. The summed E-state index contributed by atoms with van der Waals surface area (Å²) >= 11 is 0. The quantitative estimate of drug-likeness (QED) is 0.806. The van der Waals surface area contributed by atoms with E-state index in [-0.39, 0.29) is 0 Å². The number of hydrogen-bond acceptors (Lipinski definition) is 3. The van der Waals surface area contributed by atoms with E-state index < -0.39 is 0 Å². The van der Waals surface area contributed by atoms with Crippen LogP contribution in [0.1, 0.15) is 32.3 Å². The molecule has 0 radical (unpaired) electrons. The van der Waals surface area contributed by atoms with Gasteiger partial charge in [-0.15, -0.1) is 0 Å². The lowest BCUT2D eigenvalue weighted by molar-refractivity contribution is 0.267. The Bertz CT molecular complexity index is 531. The number of fused-ring (bicyclic) bond motifs is 1. The number of pyridine rings is 1. The molecule has 0 aliphatic heterocycles. The number of nitrogens with two attached hydrogens (primary N) is 1. The molecule has 3 nitrogen and oxygen atoms in total. The smallest absolute Gasteiger partial charge is 0.0767 e. The summed E-state index contributed by atoms with van der Waals surface area (Å²) < 4.78 is 0. The van der Waals surface area contributed by atoms with Crippen LogP contribution in [0.3, 0.4) is 0 Å². The van der Waals surface area contributed by atoms with Crippen molar-refractivity contribution >= 4 is 16.6 Å². The normalized spacial score (nSPS) is 11.3. The molecule has 2 aromatic rings. The van der Waals surface area contributed by atoms with Gasteiger partial charge in [-0.25, -0.2) is 0 Å². The van der Waals surface area contributed by atoms with Gasteiger partial charge in [0.05, 0.1) is 5.52 Å². The fraction of sp³-hybridized carbons (Fsp3) is 0.438. The molecule has 0 aliphatic carbocycles. The highest BCUT2D eigenvalue weighted by molar-refractivity contribution is 5.92. The van der Waals surface area contributed by atoms with Crippen molar-refractivity contribution in [1.29, 1.82) is 0 Å². The molecular weight excluding hydrogens is 234 g/mol. The molecule has 0 fully saturated rings. The SMILES string of the molecule is CCCN(CCC)Cc1ccc(N)c2cccnc12. The number of nitrogen functional groups attached to an aromatic ring is 1. The Kier molecular flexibility index (Phi) is 4.74. The molecule has 0 atom stereocenters. The molecule has 1 heterocycles. The summed E-state index contributed by atoms with van der Waals surface area (Å²) in [6.45, 7) is 7.67. The molecule has 0 aliphatic rings. The van der Waals surface area contributed by atoms with E-state index >= 15 is 0 Å². The monoisotopic (exact) mass is 257 g/mol. The van der Waals surface area contributed by atoms with Crippen LogP contribution in [-0.2, 0) is 6.54 Å². The number of benzene rings is 1. The largest absolute Gasteiger partial charge is 0.398 e. The molecule has 19 heavy (non-hydrogen) atoms. The van der Waals surface area contributed by atoms with E-state index in [4.69, 9.17) is 5.73 Å². The number of nitrogens with zero attached hydrogens (tertiary/aromatic N) is 2. The topological polar surface area (TPSA) is 42.1 Å². The molecular formula is C16H23N3. The van der Waals surface area contributed by atoms with E-state index in [1.807, 2.05) is 24.4 Å². The molecule has 2 N–H and O–H groups in total. The highest BCUT2D eigenvalue weighted by Gasteiger charge is 2.09. The second-order valence-corrected chi connectivity index (χ2v) is 4.99. The summed E-state index contributed by atoms with van der Waals surface area (Å²) in [5, 5.41) is 1.06. The highest BCUT2D eigenvalue weighted by atomic mass is 15.1. The number of anilines is 1. The van der Waals surface area contributed by atoms with Crippen molar-refractivity contribution < 1.29 is 0 Å². The van der Waals surface area contributed by atoms with Gasteiger partial charge in [0.2, 0.25) is 0 Å². The van der Waals surface area contributed by atoms with E-state index in [1.165, 1.54) is 18.4 Å². The zero-order valence-electron chi connectivity index (χ0n) is 11.9. The number of aromatic nitrogens is 1. The molecule has 3 heteroatoms.